The van der Waals surface area contributed by atoms with Gasteiger partial charge in [0.25, 0.3) is 0 Å². The molecule has 0 amide bonds. The maximum atomic E-state index is 4.64. The van der Waals surface area contributed by atoms with Gasteiger partial charge in [-0.1, -0.05) is 13.8 Å². The Morgan fingerprint density at radius 1 is 1.24 bits per heavy atom. The van der Waals surface area contributed by atoms with E-state index >= 15 is 0 Å². The van der Waals surface area contributed by atoms with E-state index in [1.165, 1.54) is 24.4 Å². The van der Waals surface area contributed by atoms with Crippen molar-refractivity contribution in [2.45, 2.75) is 48.5 Å². The molecule has 2 heterocycles. The highest BCUT2D eigenvalue weighted by Gasteiger charge is 2.30. The number of hydrogen-bond acceptors (Lipinski definition) is 6. The molecule has 1 aromatic heterocycles. The van der Waals surface area contributed by atoms with Crippen molar-refractivity contribution in [3.63, 3.8) is 0 Å². The standard InChI is InChI=1S/C11H17N3S3/c1-6-7(2)16-9(5-15-6)10-13-11(17-14-10)12-8-3-4-8/h6-9H,3-5H2,1-2H3,(H,12,13,14). The van der Waals surface area contributed by atoms with Crippen LogP contribution in [0.3, 0.4) is 0 Å². The van der Waals surface area contributed by atoms with E-state index in [1.54, 1.807) is 0 Å². The summed E-state index contributed by atoms with van der Waals surface area (Å²) < 4.78 is 4.51. The highest BCUT2D eigenvalue weighted by Crippen LogP contribution is 2.43. The molecule has 1 saturated carbocycles. The zero-order valence-electron chi connectivity index (χ0n) is 10.0. The minimum absolute atomic E-state index is 0.484. The number of nitrogens with zero attached hydrogens (tertiary/aromatic N) is 2. The molecule has 2 aliphatic rings. The number of rotatable bonds is 3. The molecule has 3 nitrogen and oxygen atoms in total. The Kier molecular flexibility index (Phi) is 3.54. The first-order valence-electron chi connectivity index (χ1n) is 6.09. The van der Waals surface area contributed by atoms with Crippen molar-refractivity contribution in [1.82, 2.24) is 9.36 Å². The van der Waals surface area contributed by atoms with Gasteiger partial charge in [0.2, 0.25) is 5.13 Å². The van der Waals surface area contributed by atoms with Crippen LogP contribution >= 0.6 is 35.1 Å². The third-order valence-corrected chi connectivity index (χ3v) is 7.23. The van der Waals surface area contributed by atoms with Crippen LogP contribution in [-0.4, -0.2) is 31.7 Å². The fraction of sp³-hybridized carbons (Fsp3) is 0.818. The van der Waals surface area contributed by atoms with Gasteiger partial charge in [-0.3, -0.25) is 0 Å². The van der Waals surface area contributed by atoms with Crippen molar-refractivity contribution in [3.05, 3.63) is 5.82 Å². The van der Waals surface area contributed by atoms with Crippen LogP contribution in [0.1, 0.15) is 37.8 Å². The average molecular weight is 287 g/mol. The Bertz CT molecular complexity index is 391. The van der Waals surface area contributed by atoms with Gasteiger partial charge in [-0.15, -0.1) is 11.8 Å². The Hall–Kier alpha value is 0.0600. The predicted molar refractivity (Wildman–Crippen MR) is 78.3 cm³/mol. The van der Waals surface area contributed by atoms with Crippen LogP contribution in [0, 0.1) is 0 Å². The predicted octanol–water partition coefficient (Wildman–Crippen LogP) is 3.41. The van der Waals surface area contributed by atoms with Crippen LogP contribution in [0.2, 0.25) is 0 Å². The van der Waals surface area contributed by atoms with Gasteiger partial charge < -0.3 is 5.32 Å². The molecule has 2 fully saturated rings. The molecule has 1 N–H and O–H groups in total. The molecule has 3 rings (SSSR count). The van der Waals surface area contributed by atoms with Crippen LogP contribution in [0.15, 0.2) is 0 Å². The van der Waals surface area contributed by atoms with Crippen molar-refractivity contribution in [2.24, 2.45) is 0 Å². The van der Waals surface area contributed by atoms with Gasteiger partial charge >= 0.3 is 0 Å². The summed E-state index contributed by atoms with van der Waals surface area (Å²) in [6.07, 6.45) is 2.58. The topological polar surface area (TPSA) is 37.8 Å². The highest BCUT2D eigenvalue weighted by molar-refractivity contribution is 8.07. The van der Waals surface area contributed by atoms with Crippen molar-refractivity contribution < 1.29 is 0 Å². The third kappa shape index (κ3) is 2.90. The summed E-state index contributed by atoms with van der Waals surface area (Å²) in [4.78, 5) is 4.64. The van der Waals surface area contributed by atoms with Gasteiger partial charge in [-0.25, -0.2) is 4.98 Å². The van der Waals surface area contributed by atoms with Gasteiger partial charge in [0, 0.05) is 33.8 Å². The van der Waals surface area contributed by atoms with Crippen LogP contribution in [0.4, 0.5) is 5.13 Å². The molecule has 1 aliphatic heterocycles. The lowest BCUT2D eigenvalue weighted by Gasteiger charge is -2.29. The summed E-state index contributed by atoms with van der Waals surface area (Å²) in [6.45, 7) is 4.62. The minimum atomic E-state index is 0.484. The fourth-order valence-corrected chi connectivity index (χ4v) is 5.36. The normalized spacial score (nSPS) is 33.6. The van der Waals surface area contributed by atoms with E-state index in [0.29, 0.717) is 16.5 Å². The lowest BCUT2D eigenvalue weighted by molar-refractivity contribution is 0.874. The van der Waals surface area contributed by atoms with Crippen LogP contribution < -0.4 is 5.32 Å². The van der Waals surface area contributed by atoms with Crippen molar-refractivity contribution in [1.29, 1.82) is 0 Å². The molecule has 6 heteroatoms. The summed E-state index contributed by atoms with van der Waals surface area (Å²) in [5.41, 5.74) is 0. The smallest absolute Gasteiger partial charge is 0.202 e. The molecular weight excluding hydrogens is 270 g/mol. The number of aromatic nitrogens is 2. The lowest BCUT2D eigenvalue weighted by atomic mass is 10.3. The van der Waals surface area contributed by atoms with E-state index in [9.17, 15) is 0 Å². The number of anilines is 1. The molecule has 0 spiro atoms. The Balaban J connectivity index is 1.64. The molecule has 0 radical (unpaired) electrons. The van der Waals surface area contributed by atoms with E-state index < -0.39 is 0 Å². The van der Waals surface area contributed by atoms with Gasteiger partial charge in [0.15, 0.2) is 5.82 Å². The molecule has 1 aromatic rings. The first-order valence-corrected chi connectivity index (χ1v) is 8.86. The maximum absolute atomic E-state index is 4.64. The lowest BCUT2D eigenvalue weighted by Crippen LogP contribution is -2.22. The molecule has 3 atom stereocenters. The monoisotopic (exact) mass is 287 g/mol. The minimum Gasteiger partial charge on any atom is -0.358 e. The highest BCUT2D eigenvalue weighted by atomic mass is 32.2. The van der Waals surface area contributed by atoms with E-state index in [2.05, 4.69) is 28.5 Å². The van der Waals surface area contributed by atoms with Gasteiger partial charge in [0.05, 0.1) is 5.25 Å². The SMILES string of the molecule is CC1SCC(c2nsc(NC3CC3)n2)SC1C. The first kappa shape index (κ1) is 12.1. The fourth-order valence-electron chi connectivity index (χ4n) is 1.75. The van der Waals surface area contributed by atoms with Crippen molar-refractivity contribution >= 4 is 40.2 Å². The summed E-state index contributed by atoms with van der Waals surface area (Å²) in [5, 5.41) is 6.37. The van der Waals surface area contributed by atoms with E-state index in [0.717, 1.165) is 22.0 Å². The Morgan fingerprint density at radius 3 is 2.76 bits per heavy atom. The number of hydrogen-bond donors (Lipinski definition) is 1. The summed E-state index contributed by atoms with van der Waals surface area (Å²) in [6, 6.07) is 0.670. The molecule has 1 aliphatic carbocycles. The zero-order chi connectivity index (χ0) is 11.8. The molecule has 94 valence electrons. The van der Waals surface area contributed by atoms with Gasteiger partial charge in [0.1, 0.15) is 0 Å². The first-order chi connectivity index (χ1) is 8.22. The second kappa shape index (κ2) is 4.97. The van der Waals surface area contributed by atoms with Crippen molar-refractivity contribution in [3.8, 4) is 0 Å². The van der Waals surface area contributed by atoms with E-state index in [1.807, 2.05) is 23.5 Å². The second-order valence-electron chi connectivity index (χ2n) is 4.74. The molecule has 0 aromatic carbocycles. The molecular formula is C11H17N3S3. The Labute approximate surface area is 115 Å². The largest absolute Gasteiger partial charge is 0.358 e. The van der Waals surface area contributed by atoms with Crippen molar-refractivity contribution in [2.75, 3.05) is 11.1 Å². The van der Waals surface area contributed by atoms with Gasteiger partial charge in [-0.05, 0) is 12.8 Å². The van der Waals surface area contributed by atoms with Gasteiger partial charge in [-0.2, -0.15) is 16.1 Å². The summed E-state index contributed by atoms with van der Waals surface area (Å²) in [5.74, 6) is 2.19. The van der Waals surface area contributed by atoms with E-state index in [-0.39, 0.29) is 0 Å². The number of nitrogens with one attached hydrogen (secondary N) is 1. The van der Waals surface area contributed by atoms with Crippen LogP contribution in [0.5, 0.6) is 0 Å². The van der Waals surface area contributed by atoms with Crippen LogP contribution in [0.25, 0.3) is 0 Å². The molecule has 1 saturated heterocycles. The third-order valence-electron chi connectivity index (χ3n) is 3.19. The van der Waals surface area contributed by atoms with Crippen LogP contribution in [-0.2, 0) is 0 Å². The second-order valence-corrected chi connectivity index (χ2v) is 8.49. The molecule has 0 bridgehead atoms. The summed E-state index contributed by atoms with van der Waals surface area (Å²) in [7, 11) is 0. The molecule has 17 heavy (non-hydrogen) atoms. The average Bonchev–Trinajstić information content (AvgIpc) is 2.99. The maximum Gasteiger partial charge on any atom is 0.202 e. The Morgan fingerprint density at radius 2 is 2.06 bits per heavy atom. The van der Waals surface area contributed by atoms with E-state index in [4.69, 9.17) is 0 Å². The molecule has 3 unspecified atom stereocenters. The summed E-state index contributed by atoms with van der Waals surface area (Å²) >= 11 is 5.60. The number of thioether (sulfide) groups is 2. The zero-order valence-corrected chi connectivity index (χ0v) is 12.5. The quantitative estimate of drug-likeness (QED) is 0.922.